The van der Waals surface area contributed by atoms with E-state index in [2.05, 4.69) is 42.5 Å². The van der Waals surface area contributed by atoms with E-state index in [1.807, 2.05) is 97.1 Å². The number of methoxy groups -OCH3 is 7. The largest absolute Gasteiger partial charge is 0.449 e. The molecule has 8 aliphatic rings. The number of aliphatic hydroxyl groups is 7. The summed E-state index contributed by atoms with van der Waals surface area (Å²) in [6, 6.07) is 25.5. The zero-order valence-electron chi connectivity index (χ0n) is 80.1. The zero-order valence-corrected chi connectivity index (χ0v) is 81.8. The SMILES string of the molecule is COCC1OC(OC2C(NC(C)=O)CC(NC(C)=O)C(OC3OC(CNC(=O)CSCCOCCSCC(=O)NCC4OC(OC5C(NC(C)=O)CC(NC(C)=O)C(OC6OC(CCO)C(CO)C(NC(=O)OCC7c8ccccc8-c8ccccc87)C6OC)C5OC)C(CO)C(OC)C4OC)C(CO)C(CO)C3OC)C2CO)C(CO)C(NC(=O)OCC2c3ccccc3-c3ccccc32)C1OC. The monoisotopic (exact) mass is 1990 g/mol. The van der Waals surface area contributed by atoms with Crippen molar-refractivity contribution >= 4 is 71.2 Å². The van der Waals surface area contributed by atoms with Gasteiger partial charge in [0.15, 0.2) is 25.2 Å². The quantitative estimate of drug-likeness (QED) is 0.0269. The van der Waals surface area contributed by atoms with Crippen LogP contribution in [0.1, 0.15) is 81.0 Å². The number of rotatable bonds is 48. The highest BCUT2D eigenvalue weighted by atomic mass is 32.2. The fourth-order valence-electron chi connectivity index (χ4n) is 21.2. The van der Waals surface area contributed by atoms with Gasteiger partial charge in [-0.15, -0.1) is 23.5 Å². The molecule has 0 aromatic heterocycles. The number of thioether (sulfide) groups is 2. The number of hydrogen-bond donors (Lipinski definition) is 15. The van der Waals surface area contributed by atoms with Gasteiger partial charge in [-0.1, -0.05) is 97.1 Å². The maximum atomic E-state index is 14.1. The number of fused-ring (bicyclic) bond motifs is 6. The number of alkyl carbamates (subject to hydrolysis) is 2. The second kappa shape index (κ2) is 53.6. The number of ether oxygens (including phenoxy) is 18. The third kappa shape index (κ3) is 26.8. The first kappa shape index (κ1) is 110. The van der Waals surface area contributed by atoms with E-state index in [1.54, 1.807) is 0 Å². The number of hydrogen-bond acceptors (Lipinski definition) is 35. The molecule has 41 nitrogen and oxygen atoms in total. The second-order valence-corrected chi connectivity index (χ2v) is 38.0. The van der Waals surface area contributed by atoms with Gasteiger partial charge in [-0.05, 0) is 63.8 Å². The molecule has 4 saturated heterocycles. The molecule has 8 amide bonds. The Labute approximate surface area is 816 Å². The Bertz CT molecular complexity index is 4250. The van der Waals surface area contributed by atoms with Gasteiger partial charge in [-0.3, -0.25) is 28.8 Å². The molecule has 0 spiro atoms. The van der Waals surface area contributed by atoms with Crippen LogP contribution in [0.4, 0.5) is 9.59 Å². The molecule has 2 saturated carbocycles. The van der Waals surface area contributed by atoms with Crippen molar-refractivity contribution in [2.75, 3.05) is 165 Å². The summed E-state index contributed by atoms with van der Waals surface area (Å²) < 4.78 is 114. The molecule has 15 N–H and O–H groups in total. The topological polar surface area (TPSA) is 541 Å². The minimum absolute atomic E-state index is 0.00657. The molecular formula is C96H138N8O33S2. The van der Waals surface area contributed by atoms with E-state index in [0.29, 0.717) is 11.5 Å². The molecule has 772 valence electrons. The van der Waals surface area contributed by atoms with Gasteiger partial charge >= 0.3 is 12.2 Å². The highest BCUT2D eigenvalue weighted by Gasteiger charge is 2.59. The smallest absolute Gasteiger partial charge is 0.407 e. The Hall–Kier alpha value is -7.98. The summed E-state index contributed by atoms with van der Waals surface area (Å²) in [6.45, 7) is 1.25. The Balaban J connectivity index is 0.627. The molecule has 4 aromatic rings. The van der Waals surface area contributed by atoms with E-state index in [0.717, 1.165) is 44.5 Å². The highest BCUT2D eigenvalue weighted by molar-refractivity contribution is 8.00. The molecule has 4 heterocycles. The summed E-state index contributed by atoms with van der Waals surface area (Å²) in [6.07, 6.45) is -22.5. The van der Waals surface area contributed by atoms with Gasteiger partial charge in [-0.2, -0.15) is 0 Å². The van der Waals surface area contributed by atoms with E-state index < -0.39 is 270 Å². The van der Waals surface area contributed by atoms with Crippen molar-refractivity contribution in [3.8, 4) is 22.3 Å². The average Bonchev–Trinajstić information content (AvgIpc) is 1.62. The minimum atomic E-state index is -1.42. The number of benzene rings is 4. The Kier molecular flexibility index (Phi) is 42.3. The third-order valence-corrected chi connectivity index (χ3v) is 29.3. The van der Waals surface area contributed by atoms with Crippen LogP contribution in [0.3, 0.4) is 0 Å². The zero-order chi connectivity index (χ0) is 99.7. The predicted octanol–water partition coefficient (Wildman–Crippen LogP) is 0.553. The summed E-state index contributed by atoms with van der Waals surface area (Å²) in [5.41, 5.74) is 8.08. The van der Waals surface area contributed by atoms with Crippen LogP contribution in [0, 0.1) is 35.5 Å². The fraction of sp³-hybridized carbons (Fsp3) is 0.667. The number of amides is 8. The first-order valence-corrected chi connectivity index (χ1v) is 49.3. The molecule has 30 unspecified atom stereocenters. The summed E-state index contributed by atoms with van der Waals surface area (Å²) in [4.78, 5) is 108. The van der Waals surface area contributed by atoms with Crippen LogP contribution in [0.5, 0.6) is 0 Å². The van der Waals surface area contributed by atoms with Crippen molar-refractivity contribution in [3.05, 3.63) is 119 Å². The maximum absolute atomic E-state index is 14.1. The molecule has 4 aliphatic carbocycles. The van der Waals surface area contributed by atoms with Crippen LogP contribution in [-0.4, -0.2) is 395 Å². The van der Waals surface area contributed by atoms with Crippen LogP contribution >= 0.6 is 23.5 Å². The van der Waals surface area contributed by atoms with Crippen molar-refractivity contribution in [1.29, 1.82) is 0 Å². The Morgan fingerprint density at radius 2 is 0.719 bits per heavy atom. The highest BCUT2D eigenvalue weighted by Crippen LogP contribution is 2.48. The lowest BCUT2D eigenvalue weighted by Gasteiger charge is -2.52. The van der Waals surface area contributed by atoms with Crippen LogP contribution in [0.25, 0.3) is 22.3 Å². The van der Waals surface area contributed by atoms with Gasteiger partial charge in [0.05, 0.1) is 136 Å². The van der Waals surface area contributed by atoms with E-state index in [9.17, 15) is 74.1 Å². The van der Waals surface area contributed by atoms with E-state index >= 15 is 0 Å². The van der Waals surface area contributed by atoms with Crippen molar-refractivity contribution in [2.45, 2.75) is 206 Å². The minimum Gasteiger partial charge on any atom is -0.449 e. The molecule has 4 aliphatic heterocycles. The molecule has 43 heteroatoms. The van der Waals surface area contributed by atoms with Gasteiger partial charge in [0.1, 0.15) is 68.1 Å². The summed E-state index contributed by atoms with van der Waals surface area (Å²) >= 11 is 2.56. The third-order valence-electron chi connectivity index (χ3n) is 27.4. The lowest BCUT2D eigenvalue weighted by molar-refractivity contribution is -0.332. The van der Waals surface area contributed by atoms with Gasteiger partial charge in [-0.25, -0.2) is 9.59 Å². The van der Waals surface area contributed by atoms with Crippen molar-refractivity contribution in [3.63, 3.8) is 0 Å². The van der Waals surface area contributed by atoms with Crippen LogP contribution in [0.15, 0.2) is 97.1 Å². The number of nitrogens with one attached hydrogen (secondary N) is 8. The first-order valence-electron chi connectivity index (χ1n) is 47.0. The predicted molar refractivity (Wildman–Crippen MR) is 501 cm³/mol. The number of carbonyl (C=O) groups is 8. The normalized spacial score (nSPS) is 32.0. The van der Waals surface area contributed by atoms with E-state index in [1.165, 1.54) is 101 Å². The number of aliphatic hydroxyl groups excluding tert-OH is 7. The second-order valence-electron chi connectivity index (χ2n) is 35.8. The van der Waals surface area contributed by atoms with Gasteiger partial charge in [0.2, 0.25) is 35.4 Å². The first-order chi connectivity index (χ1) is 67.3. The summed E-state index contributed by atoms with van der Waals surface area (Å²) in [5.74, 6) is -8.37. The Morgan fingerprint density at radius 3 is 1.14 bits per heavy atom. The van der Waals surface area contributed by atoms with E-state index in [4.69, 9.17) is 85.3 Å². The van der Waals surface area contributed by atoms with Gasteiger partial charge in [0.25, 0.3) is 0 Å². The van der Waals surface area contributed by atoms with Crippen molar-refractivity contribution in [1.82, 2.24) is 42.5 Å². The molecule has 0 bridgehead atoms. The lowest BCUT2D eigenvalue weighted by Crippen LogP contribution is -2.70. The van der Waals surface area contributed by atoms with Crippen molar-refractivity contribution < 1.29 is 159 Å². The van der Waals surface area contributed by atoms with Crippen LogP contribution in [-0.2, 0) is 114 Å². The number of carbonyl (C=O) groups excluding carboxylic acids is 8. The van der Waals surface area contributed by atoms with Crippen molar-refractivity contribution in [2.24, 2.45) is 35.5 Å². The standard InChI is InChI=1S/C96H138N8O33S2/c1-49(112)99-69-34-70(100-50(2)113)82(65(42-110)81(69)134-91-64(41-109)80(87(123-8)76(133-91)46-120-5)104-96(119)129-45-68-59-26-18-14-22-55(59)56-23-15-19-27-60(56)68)135-93-84(122-7)62(39-107)61(38-106)74(131-93)36-97-77(116)47-138-32-30-127-31-33-139-48-78(117)98-37-75-88(124-9)83(121-6)66(43-111)92(132-75)136-85-71(101-51(3)114)35-72(102-52(4)115)86(90(85)126-11)137-94-89(125-10)79(63(40-108)73(130-94)28-29-105)103-95(118)128-44-67-57-24-16-12-20-53(57)54-21-13-17-25-58(54)67/h12-27,61-76,79-94,105-111H,28-48H2,1-11H3,(H,97,116)(H,98,117)(H,99,112)(H,100,113)(H,101,114)(H,102,115)(H,103,118)(H,104,119). The molecule has 4 aromatic carbocycles. The fourth-order valence-corrected chi connectivity index (χ4v) is 22.5. The lowest BCUT2D eigenvalue weighted by atomic mass is 9.76. The van der Waals surface area contributed by atoms with Crippen LogP contribution < -0.4 is 42.5 Å². The van der Waals surface area contributed by atoms with Crippen LogP contribution in [0.2, 0.25) is 0 Å². The average molecular weight is 2000 g/mol. The van der Waals surface area contributed by atoms with E-state index in [-0.39, 0.29) is 94.6 Å². The summed E-state index contributed by atoms with van der Waals surface area (Å²) in [7, 11) is 9.80. The molecule has 139 heavy (non-hydrogen) atoms. The Morgan fingerprint density at radius 1 is 0.353 bits per heavy atom. The van der Waals surface area contributed by atoms with Gasteiger partial charge in [0, 0.05) is 157 Å². The molecule has 0 radical (unpaired) electrons. The molecule has 12 rings (SSSR count). The maximum Gasteiger partial charge on any atom is 0.407 e. The van der Waals surface area contributed by atoms with Gasteiger partial charge < -0.3 is 164 Å². The summed E-state index contributed by atoms with van der Waals surface area (Å²) in [5, 5.41) is 101. The molecule has 30 atom stereocenters. The molecule has 6 fully saturated rings. The molecular weight excluding hydrogens is 1860 g/mol.